The molecule has 14 nitrogen and oxygen atoms in total. The number of carbonyl (C=O) groups is 4. The Labute approximate surface area is 224 Å². The van der Waals surface area contributed by atoms with Crippen molar-refractivity contribution >= 4 is 29.8 Å². The summed E-state index contributed by atoms with van der Waals surface area (Å²) in [6.45, 7) is 1.69. The van der Waals surface area contributed by atoms with E-state index in [0.717, 1.165) is 13.5 Å². The van der Waals surface area contributed by atoms with E-state index >= 15 is 0 Å². The van der Waals surface area contributed by atoms with E-state index in [4.69, 9.17) is 19.7 Å². The number of hydrogen-bond acceptors (Lipinski definition) is 11. The van der Waals surface area contributed by atoms with E-state index < -0.39 is 42.0 Å². The van der Waals surface area contributed by atoms with E-state index in [9.17, 15) is 32.3 Å². The summed E-state index contributed by atoms with van der Waals surface area (Å²) in [4.78, 5) is 50.6. The number of hydrogen-bond donors (Lipinski definition) is 3. The minimum absolute atomic E-state index is 0.0531. The van der Waals surface area contributed by atoms with Gasteiger partial charge in [-0.15, -0.1) is 0 Å². The summed E-state index contributed by atoms with van der Waals surface area (Å²) in [5, 5.41) is 11.3. The fraction of sp³-hybridized carbons (Fsp3) is 0.391. The van der Waals surface area contributed by atoms with Gasteiger partial charge in [-0.1, -0.05) is 42.8 Å². The number of nitrogens with one attached hydrogen (secondary N) is 2. The normalized spacial score (nSPS) is 12.2. The molecule has 0 saturated heterocycles. The van der Waals surface area contributed by atoms with E-state index in [2.05, 4.69) is 30.5 Å². The minimum atomic E-state index is -5.21. The largest absolute Gasteiger partial charge is 0.493 e. The molecule has 0 fully saturated rings. The Balaban J connectivity index is 1.87. The number of rotatable bonds is 13. The number of alkyl carbamates (subject to hydrolysis) is 1. The van der Waals surface area contributed by atoms with Crippen molar-refractivity contribution in [3.05, 3.63) is 47.2 Å². The summed E-state index contributed by atoms with van der Waals surface area (Å²) < 4.78 is 56.4. The third-order valence-electron chi connectivity index (χ3n) is 4.78. The first-order chi connectivity index (χ1) is 18.9. The molecule has 1 atom stereocenters. The van der Waals surface area contributed by atoms with Crippen LogP contribution in [0.4, 0.5) is 18.0 Å². The number of amides is 2. The number of nitrogens with zero attached hydrogens (tertiary/aromatic N) is 2. The molecule has 1 aromatic carbocycles. The molecule has 0 spiro atoms. The second-order valence-corrected chi connectivity index (χ2v) is 7.79. The zero-order chi connectivity index (χ0) is 29.7. The van der Waals surface area contributed by atoms with Crippen molar-refractivity contribution in [3.8, 4) is 5.88 Å². The zero-order valence-electron chi connectivity index (χ0n) is 21.3. The molecule has 2 amide bonds. The van der Waals surface area contributed by atoms with Gasteiger partial charge in [-0.05, 0) is 17.1 Å². The van der Waals surface area contributed by atoms with E-state index in [1.54, 1.807) is 0 Å². The SMILES string of the molecule is CCCCOC(=O)NC(CNC(=O)c1cc(OCc2ccc(/C(N)=N\OC(=O)C(F)(F)F)cc2)no1)C(=O)OC. The number of ether oxygens (including phenoxy) is 3. The highest BCUT2D eigenvalue weighted by molar-refractivity contribution is 5.97. The van der Waals surface area contributed by atoms with Gasteiger partial charge in [0, 0.05) is 12.1 Å². The second kappa shape index (κ2) is 14.9. The lowest BCUT2D eigenvalue weighted by atomic mass is 10.1. The van der Waals surface area contributed by atoms with Crippen LogP contribution in [0.3, 0.4) is 0 Å². The number of carbonyl (C=O) groups excluding carboxylic acids is 4. The smallest absolute Gasteiger partial charge is 0.471 e. The fourth-order valence-electron chi connectivity index (χ4n) is 2.67. The summed E-state index contributed by atoms with van der Waals surface area (Å²) in [5.74, 6) is -4.86. The van der Waals surface area contributed by atoms with Crippen molar-refractivity contribution < 1.29 is 55.9 Å². The van der Waals surface area contributed by atoms with Crippen molar-refractivity contribution in [1.82, 2.24) is 15.8 Å². The molecule has 1 aromatic heterocycles. The van der Waals surface area contributed by atoms with Gasteiger partial charge >= 0.3 is 24.2 Å². The van der Waals surface area contributed by atoms with Gasteiger partial charge in [0.15, 0.2) is 5.84 Å². The predicted molar refractivity (Wildman–Crippen MR) is 128 cm³/mol. The molecule has 0 aliphatic carbocycles. The lowest BCUT2D eigenvalue weighted by Crippen LogP contribution is -2.49. The maximum Gasteiger partial charge on any atom is 0.493 e. The molecule has 4 N–H and O–H groups in total. The molecule has 0 aliphatic rings. The van der Waals surface area contributed by atoms with Gasteiger partial charge in [-0.3, -0.25) is 4.79 Å². The quantitative estimate of drug-likeness (QED) is 0.0789. The molecule has 0 radical (unpaired) electrons. The van der Waals surface area contributed by atoms with E-state index in [0.29, 0.717) is 12.0 Å². The average molecular weight is 573 g/mol. The van der Waals surface area contributed by atoms with Crippen LogP contribution in [0.5, 0.6) is 5.88 Å². The van der Waals surface area contributed by atoms with Gasteiger partial charge < -0.3 is 39.9 Å². The molecule has 2 aromatic rings. The first-order valence-corrected chi connectivity index (χ1v) is 11.5. The van der Waals surface area contributed by atoms with Gasteiger partial charge in [0.05, 0.1) is 19.8 Å². The summed E-state index contributed by atoms with van der Waals surface area (Å²) in [6.07, 6.45) is -4.61. The standard InChI is InChI=1S/C23H26F3N5O9/c1-3-4-9-37-22(35)29-15(20(33)36-2)11-28-19(32)16-10-17(30-39-16)38-12-13-5-7-14(8-6-13)18(27)31-40-21(34)23(24,25)26/h5-8,10,15H,3-4,9,11-12H2,1-2H3,(H2,27,31)(H,28,32)(H,29,35). The van der Waals surface area contributed by atoms with Crippen LogP contribution in [0, 0.1) is 0 Å². The molecule has 17 heteroatoms. The molecule has 40 heavy (non-hydrogen) atoms. The summed E-state index contributed by atoms with van der Waals surface area (Å²) in [7, 11) is 1.12. The molecule has 218 valence electrons. The first-order valence-electron chi connectivity index (χ1n) is 11.5. The molecule has 0 bridgehead atoms. The van der Waals surface area contributed by atoms with Crippen LogP contribution in [0.15, 0.2) is 40.0 Å². The third-order valence-corrected chi connectivity index (χ3v) is 4.78. The number of halogens is 3. The summed E-state index contributed by atoms with van der Waals surface area (Å²) in [5.41, 5.74) is 6.25. The molecule has 2 rings (SSSR count). The van der Waals surface area contributed by atoms with E-state index in [1.165, 1.54) is 30.3 Å². The van der Waals surface area contributed by atoms with Gasteiger partial charge in [0.2, 0.25) is 5.76 Å². The minimum Gasteiger partial charge on any atom is -0.471 e. The Morgan fingerprint density at radius 2 is 1.88 bits per heavy atom. The Morgan fingerprint density at radius 1 is 1.18 bits per heavy atom. The Kier molecular flexibility index (Phi) is 11.7. The van der Waals surface area contributed by atoms with Crippen molar-refractivity contribution in [2.24, 2.45) is 10.9 Å². The van der Waals surface area contributed by atoms with Crippen molar-refractivity contribution in [2.45, 2.75) is 38.6 Å². The van der Waals surface area contributed by atoms with E-state index in [-0.39, 0.29) is 37.0 Å². The molecular formula is C23H26F3N5O9. The van der Waals surface area contributed by atoms with Gasteiger partial charge in [0.25, 0.3) is 11.8 Å². The number of benzene rings is 1. The van der Waals surface area contributed by atoms with Crippen LogP contribution in [-0.2, 0) is 30.5 Å². The van der Waals surface area contributed by atoms with Crippen LogP contribution >= 0.6 is 0 Å². The molecule has 0 saturated carbocycles. The highest BCUT2D eigenvalue weighted by atomic mass is 19.4. The molecular weight excluding hydrogens is 547 g/mol. The van der Waals surface area contributed by atoms with Crippen LogP contribution in [0.2, 0.25) is 0 Å². The third kappa shape index (κ3) is 10.1. The number of aromatic nitrogens is 1. The molecule has 1 heterocycles. The topological polar surface area (TPSA) is 194 Å². The van der Waals surface area contributed by atoms with Gasteiger partial charge in [-0.2, -0.15) is 13.2 Å². The maximum atomic E-state index is 12.4. The predicted octanol–water partition coefficient (Wildman–Crippen LogP) is 1.78. The van der Waals surface area contributed by atoms with E-state index in [1.807, 2.05) is 6.92 Å². The number of esters is 1. The Hall–Kier alpha value is -4.83. The maximum absolute atomic E-state index is 12.4. The number of amidine groups is 1. The lowest BCUT2D eigenvalue weighted by Gasteiger charge is -2.16. The average Bonchev–Trinajstić information content (AvgIpc) is 3.41. The molecule has 1 unspecified atom stereocenters. The van der Waals surface area contributed by atoms with Crippen LogP contribution in [0.1, 0.15) is 41.4 Å². The van der Waals surface area contributed by atoms with Crippen molar-refractivity contribution in [1.29, 1.82) is 0 Å². The highest BCUT2D eigenvalue weighted by Crippen LogP contribution is 2.17. The van der Waals surface area contributed by atoms with Crippen molar-refractivity contribution in [2.75, 3.05) is 20.3 Å². The Bertz CT molecular complexity index is 1200. The fourth-order valence-corrected chi connectivity index (χ4v) is 2.67. The van der Waals surface area contributed by atoms with Crippen molar-refractivity contribution in [3.63, 3.8) is 0 Å². The lowest BCUT2D eigenvalue weighted by molar-refractivity contribution is -0.199. The summed E-state index contributed by atoms with van der Waals surface area (Å²) >= 11 is 0. The number of unbranched alkanes of at least 4 members (excludes halogenated alkanes) is 1. The second-order valence-electron chi connectivity index (χ2n) is 7.79. The number of nitrogens with two attached hydrogens (primary N) is 1. The van der Waals surface area contributed by atoms with Gasteiger partial charge in [0.1, 0.15) is 12.6 Å². The van der Waals surface area contributed by atoms with Gasteiger partial charge in [-0.25, -0.2) is 14.4 Å². The summed E-state index contributed by atoms with van der Waals surface area (Å²) in [6, 6.07) is 5.76. The first kappa shape index (κ1) is 31.4. The van der Waals surface area contributed by atoms with Crippen LogP contribution in [0.25, 0.3) is 0 Å². The van der Waals surface area contributed by atoms with Crippen LogP contribution in [-0.4, -0.2) is 67.4 Å². The van der Waals surface area contributed by atoms with Crippen LogP contribution < -0.4 is 21.1 Å². The number of alkyl halides is 3. The monoisotopic (exact) mass is 573 g/mol. The molecule has 0 aliphatic heterocycles. The zero-order valence-corrected chi connectivity index (χ0v) is 21.3. The number of methoxy groups -OCH3 is 1. The Morgan fingerprint density at radius 3 is 2.50 bits per heavy atom. The highest BCUT2D eigenvalue weighted by Gasteiger charge is 2.41. The number of oxime groups is 1.